The van der Waals surface area contributed by atoms with E-state index in [4.69, 9.17) is 14.2 Å². The second kappa shape index (κ2) is 5.71. The van der Waals surface area contributed by atoms with E-state index in [9.17, 15) is 4.79 Å². The van der Waals surface area contributed by atoms with Crippen LogP contribution in [0.15, 0.2) is 18.2 Å². The molecule has 1 aromatic carbocycles. The van der Waals surface area contributed by atoms with E-state index >= 15 is 0 Å². The second-order valence-electron chi connectivity index (χ2n) is 5.82. The lowest BCUT2D eigenvalue weighted by atomic mass is 10.1. The highest BCUT2D eigenvalue weighted by atomic mass is 16.6. The Labute approximate surface area is 119 Å². The van der Waals surface area contributed by atoms with E-state index in [1.807, 2.05) is 39.0 Å². The van der Waals surface area contributed by atoms with Gasteiger partial charge in [0.05, 0.1) is 25.5 Å². The first-order valence-electron chi connectivity index (χ1n) is 6.66. The lowest BCUT2D eigenvalue weighted by Crippen LogP contribution is -2.27. The van der Waals surface area contributed by atoms with Crippen LogP contribution in [-0.2, 0) is 15.9 Å². The highest BCUT2D eigenvalue weighted by Crippen LogP contribution is 2.28. The monoisotopic (exact) mass is 279 g/mol. The van der Waals surface area contributed by atoms with Gasteiger partial charge < -0.3 is 14.2 Å². The lowest BCUT2D eigenvalue weighted by molar-refractivity contribution is 0.0635. The molecule has 0 aromatic heterocycles. The predicted octanol–water partition coefficient (Wildman–Crippen LogP) is 2.98. The van der Waals surface area contributed by atoms with Crippen LogP contribution in [-0.4, -0.2) is 31.5 Å². The molecule has 1 fully saturated rings. The van der Waals surface area contributed by atoms with Crippen LogP contribution in [0.1, 0.15) is 26.3 Å². The molecule has 1 amide bonds. The van der Waals surface area contributed by atoms with Gasteiger partial charge in [-0.3, -0.25) is 5.32 Å². The molecule has 0 radical (unpaired) electrons. The van der Waals surface area contributed by atoms with Crippen molar-refractivity contribution in [1.29, 1.82) is 0 Å². The van der Waals surface area contributed by atoms with Crippen LogP contribution < -0.4 is 10.1 Å². The molecule has 110 valence electrons. The van der Waals surface area contributed by atoms with Crippen molar-refractivity contribution in [2.75, 3.05) is 19.0 Å². The van der Waals surface area contributed by atoms with Gasteiger partial charge in [0, 0.05) is 6.42 Å². The van der Waals surface area contributed by atoms with Crippen LogP contribution in [0, 0.1) is 0 Å². The number of hydrogen-bond acceptors (Lipinski definition) is 4. The molecule has 1 saturated heterocycles. The van der Waals surface area contributed by atoms with Crippen molar-refractivity contribution in [3.8, 4) is 5.75 Å². The first-order chi connectivity index (χ1) is 9.37. The zero-order valence-corrected chi connectivity index (χ0v) is 12.4. The number of carbonyl (C=O) groups excluding carboxylic acids is 1. The fourth-order valence-electron chi connectivity index (χ4n) is 1.83. The van der Waals surface area contributed by atoms with Gasteiger partial charge in [0.1, 0.15) is 11.4 Å². The summed E-state index contributed by atoms with van der Waals surface area (Å²) in [5.41, 5.74) is 1.20. The van der Waals surface area contributed by atoms with E-state index < -0.39 is 11.7 Å². The van der Waals surface area contributed by atoms with Crippen molar-refractivity contribution in [2.45, 2.75) is 38.9 Å². The van der Waals surface area contributed by atoms with Crippen LogP contribution in [0.5, 0.6) is 5.75 Å². The van der Waals surface area contributed by atoms with Gasteiger partial charge in [0.25, 0.3) is 0 Å². The zero-order chi connectivity index (χ0) is 14.8. The molecule has 1 aliphatic rings. The largest absolute Gasteiger partial charge is 0.495 e. The van der Waals surface area contributed by atoms with Gasteiger partial charge in [0.15, 0.2) is 0 Å². The number of carbonyl (C=O) groups is 1. The number of benzene rings is 1. The molecular weight excluding hydrogens is 258 g/mol. The molecule has 5 heteroatoms. The van der Waals surface area contributed by atoms with Crippen molar-refractivity contribution in [3.63, 3.8) is 0 Å². The summed E-state index contributed by atoms with van der Waals surface area (Å²) in [5.74, 6) is 0.619. The maximum atomic E-state index is 11.8. The minimum atomic E-state index is -0.527. The quantitative estimate of drug-likeness (QED) is 0.861. The van der Waals surface area contributed by atoms with Crippen molar-refractivity contribution < 1.29 is 19.0 Å². The average molecular weight is 279 g/mol. The first-order valence-corrected chi connectivity index (χ1v) is 6.66. The Morgan fingerprint density at radius 1 is 1.45 bits per heavy atom. The third-order valence-corrected chi connectivity index (χ3v) is 2.77. The summed E-state index contributed by atoms with van der Waals surface area (Å²) < 4.78 is 15.7. The third-order valence-electron chi connectivity index (χ3n) is 2.77. The van der Waals surface area contributed by atoms with E-state index in [2.05, 4.69) is 5.32 Å². The summed E-state index contributed by atoms with van der Waals surface area (Å²) in [6.45, 7) is 6.29. The number of nitrogens with one attached hydrogen (secondary N) is 1. The lowest BCUT2D eigenvalue weighted by Gasteiger charge is -2.20. The molecule has 1 aliphatic heterocycles. The molecule has 1 N–H and O–H groups in total. The maximum absolute atomic E-state index is 11.8. The standard InChI is InChI=1S/C15H21NO4/c1-15(2,3)20-14(17)16-12-6-5-10(7-11-9-19-11)8-13(12)18-4/h5-6,8,11H,7,9H2,1-4H3,(H,16,17). The van der Waals surface area contributed by atoms with Crippen LogP contribution >= 0.6 is 0 Å². The van der Waals surface area contributed by atoms with E-state index in [1.165, 1.54) is 0 Å². The van der Waals surface area contributed by atoms with Gasteiger partial charge in [-0.2, -0.15) is 0 Å². The Bertz CT molecular complexity index is 489. The summed E-state index contributed by atoms with van der Waals surface area (Å²) in [4.78, 5) is 11.8. The smallest absolute Gasteiger partial charge is 0.412 e. The fourth-order valence-corrected chi connectivity index (χ4v) is 1.83. The molecule has 1 unspecified atom stereocenters. The Hall–Kier alpha value is -1.75. The predicted molar refractivity (Wildman–Crippen MR) is 76.3 cm³/mol. The number of amides is 1. The molecule has 1 atom stereocenters. The second-order valence-corrected chi connectivity index (χ2v) is 5.82. The molecule has 20 heavy (non-hydrogen) atoms. The molecule has 5 nitrogen and oxygen atoms in total. The van der Waals surface area contributed by atoms with Crippen molar-refractivity contribution in [2.24, 2.45) is 0 Å². The normalized spacial score (nSPS) is 17.5. The van der Waals surface area contributed by atoms with Gasteiger partial charge >= 0.3 is 6.09 Å². The molecule has 0 bridgehead atoms. The third kappa shape index (κ3) is 4.42. The Balaban J connectivity index is 2.04. The first kappa shape index (κ1) is 14.7. The molecule has 1 aromatic rings. The number of epoxide rings is 1. The highest BCUT2D eigenvalue weighted by Gasteiger charge is 2.23. The molecule has 0 saturated carbocycles. The van der Waals surface area contributed by atoms with Gasteiger partial charge in [-0.25, -0.2) is 4.79 Å². The number of anilines is 1. The SMILES string of the molecule is COc1cc(CC2CO2)ccc1NC(=O)OC(C)(C)C. The summed E-state index contributed by atoms with van der Waals surface area (Å²) in [6.07, 6.45) is 0.696. The summed E-state index contributed by atoms with van der Waals surface area (Å²) in [7, 11) is 1.58. The van der Waals surface area contributed by atoms with Crippen LogP contribution in [0.2, 0.25) is 0 Å². The number of hydrogen-bond donors (Lipinski definition) is 1. The van der Waals surface area contributed by atoms with Crippen LogP contribution in [0.3, 0.4) is 0 Å². The van der Waals surface area contributed by atoms with E-state index in [0.717, 1.165) is 18.6 Å². The van der Waals surface area contributed by atoms with Gasteiger partial charge in [-0.05, 0) is 38.5 Å². The molecule has 0 spiro atoms. The topological polar surface area (TPSA) is 60.1 Å². The average Bonchev–Trinajstić information content (AvgIpc) is 3.12. The number of ether oxygens (including phenoxy) is 3. The highest BCUT2D eigenvalue weighted by molar-refractivity contribution is 5.87. The molecule has 0 aliphatic carbocycles. The Morgan fingerprint density at radius 2 is 2.15 bits per heavy atom. The summed E-state index contributed by atoms with van der Waals surface area (Å²) in [5, 5.41) is 2.70. The van der Waals surface area contributed by atoms with Crippen LogP contribution in [0.4, 0.5) is 10.5 Å². The van der Waals surface area contributed by atoms with Gasteiger partial charge in [0.2, 0.25) is 0 Å². The maximum Gasteiger partial charge on any atom is 0.412 e. The van der Waals surface area contributed by atoms with Crippen LogP contribution in [0.25, 0.3) is 0 Å². The van der Waals surface area contributed by atoms with Gasteiger partial charge in [-0.1, -0.05) is 6.07 Å². The summed E-state index contributed by atoms with van der Waals surface area (Å²) in [6, 6.07) is 5.69. The number of methoxy groups -OCH3 is 1. The zero-order valence-electron chi connectivity index (χ0n) is 12.4. The minimum absolute atomic E-state index is 0.323. The molecule has 1 heterocycles. The molecule has 2 rings (SSSR count). The summed E-state index contributed by atoms with van der Waals surface area (Å²) >= 11 is 0. The Kier molecular flexibility index (Phi) is 4.18. The van der Waals surface area contributed by atoms with Gasteiger partial charge in [-0.15, -0.1) is 0 Å². The van der Waals surface area contributed by atoms with Crippen molar-refractivity contribution >= 4 is 11.8 Å². The number of rotatable bonds is 4. The Morgan fingerprint density at radius 3 is 2.70 bits per heavy atom. The molecular formula is C15H21NO4. The fraction of sp³-hybridized carbons (Fsp3) is 0.533. The van der Waals surface area contributed by atoms with Crippen molar-refractivity contribution in [1.82, 2.24) is 0 Å². The van der Waals surface area contributed by atoms with E-state index in [-0.39, 0.29) is 0 Å². The van der Waals surface area contributed by atoms with Crippen molar-refractivity contribution in [3.05, 3.63) is 23.8 Å². The van der Waals surface area contributed by atoms with E-state index in [1.54, 1.807) is 7.11 Å². The minimum Gasteiger partial charge on any atom is -0.495 e. The van der Waals surface area contributed by atoms with E-state index in [0.29, 0.717) is 17.5 Å².